The second-order valence-electron chi connectivity index (χ2n) is 10.6. The molecule has 1 aliphatic rings. The fourth-order valence-electron chi connectivity index (χ4n) is 4.13. The maximum Gasteiger partial charge on any atom is 0.329 e. The quantitative estimate of drug-likeness (QED) is 0.340. The standard InChI is InChI=1S/C29H34N2O5S/c1-18(2)15-22(27(33)36-29(3,4)5)31-26(32)25-17-30-28(37-25)34-21-12-14-24-20(16-21)11-13-23(35-24)19-9-7-6-8-10-19/h6-10,12,14,16-18,22-23H,11,13,15H2,1-5H3,(H,31,32). The number of rotatable bonds is 8. The molecule has 0 saturated carbocycles. The number of aromatic nitrogens is 1. The molecule has 1 amide bonds. The molecule has 0 radical (unpaired) electrons. The van der Waals surface area contributed by atoms with Gasteiger partial charge in [0, 0.05) is 0 Å². The Kier molecular flexibility index (Phi) is 8.17. The Bertz CT molecular complexity index is 1230. The molecule has 3 aromatic rings. The minimum Gasteiger partial charge on any atom is -0.485 e. The molecule has 196 valence electrons. The SMILES string of the molecule is CC(C)CC(NC(=O)c1cnc(Oc2ccc3c(c2)CCC(c2ccccc2)O3)s1)C(=O)OC(C)(C)C. The van der Waals surface area contributed by atoms with Crippen LogP contribution in [-0.2, 0) is 16.0 Å². The molecule has 2 heterocycles. The third-order valence-electron chi connectivity index (χ3n) is 5.77. The van der Waals surface area contributed by atoms with Gasteiger partial charge >= 0.3 is 5.97 Å². The zero-order valence-corrected chi connectivity index (χ0v) is 22.8. The van der Waals surface area contributed by atoms with Crippen LogP contribution in [0.5, 0.6) is 16.7 Å². The number of benzene rings is 2. The highest BCUT2D eigenvalue weighted by Crippen LogP contribution is 2.38. The molecule has 2 aromatic carbocycles. The molecule has 8 heteroatoms. The van der Waals surface area contributed by atoms with E-state index >= 15 is 0 Å². The van der Waals surface area contributed by atoms with Crippen molar-refractivity contribution in [2.24, 2.45) is 5.92 Å². The Morgan fingerprint density at radius 3 is 2.62 bits per heavy atom. The molecule has 2 unspecified atom stereocenters. The topological polar surface area (TPSA) is 86.8 Å². The summed E-state index contributed by atoms with van der Waals surface area (Å²) in [6.45, 7) is 9.41. The van der Waals surface area contributed by atoms with Crippen LogP contribution < -0.4 is 14.8 Å². The van der Waals surface area contributed by atoms with Gasteiger partial charge in [0.2, 0.25) is 0 Å². The van der Waals surface area contributed by atoms with E-state index in [9.17, 15) is 9.59 Å². The van der Waals surface area contributed by atoms with Gasteiger partial charge in [0.15, 0.2) is 0 Å². The molecule has 1 N–H and O–H groups in total. The Labute approximate surface area is 222 Å². The van der Waals surface area contributed by atoms with Crippen LogP contribution in [0.4, 0.5) is 0 Å². The lowest BCUT2D eigenvalue weighted by Crippen LogP contribution is -2.44. The number of ether oxygens (including phenoxy) is 3. The molecule has 0 aliphatic carbocycles. The van der Waals surface area contributed by atoms with Crippen molar-refractivity contribution in [1.29, 1.82) is 0 Å². The molecular weight excluding hydrogens is 488 g/mol. The molecule has 7 nitrogen and oxygen atoms in total. The summed E-state index contributed by atoms with van der Waals surface area (Å²) in [5.41, 5.74) is 1.61. The minimum absolute atomic E-state index is 0.0423. The fraction of sp³-hybridized carbons (Fsp3) is 0.414. The van der Waals surface area contributed by atoms with E-state index in [-0.39, 0.29) is 17.9 Å². The van der Waals surface area contributed by atoms with Gasteiger partial charge in [0.25, 0.3) is 11.1 Å². The first kappa shape index (κ1) is 26.7. The highest BCUT2D eigenvalue weighted by atomic mass is 32.1. The Hall–Kier alpha value is -3.39. The van der Waals surface area contributed by atoms with Crippen LogP contribution in [0.2, 0.25) is 0 Å². The van der Waals surface area contributed by atoms with Gasteiger partial charge in [-0.15, -0.1) is 0 Å². The summed E-state index contributed by atoms with van der Waals surface area (Å²) in [6.07, 6.45) is 3.74. The lowest BCUT2D eigenvalue weighted by molar-refractivity contribution is -0.157. The van der Waals surface area contributed by atoms with Crippen LogP contribution in [0, 0.1) is 5.92 Å². The van der Waals surface area contributed by atoms with Crippen LogP contribution in [0.25, 0.3) is 0 Å². The van der Waals surface area contributed by atoms with Crippen molar-refractivity contribution in [3.05, 3.63) is 70.7 Å². The molecule has 37 heavy (non-hydrogen) atoms. The van der Waals surface area contributed by atoms with Crippen molar-refractivity contribution < 1.29 is 23.8 Å². The van der Waals surface area contributed by atoms with Crippen LogP contribution >= 0.6 is 11.3 Å². The number of thiazole rings is 1. The number of nitrogens with zero attached hydrogens (tertiary/aromatic N) is 1. The van der Waals surface area contributed by atoms with E-state index in [1.807, 2.05) is 50.2 Å². The number of hydrogen-bond donors (Lipinski definition) is 1. The molecule has 0 bridgehead atoms. The number of carbonyl (C=O) groups excluding carboxylic acids is 2. The summed E-state index contributed by atoms with van der Waals surface area (Å²) >= 11 is 1.13. The predicted molar refractivity (Wildman–Crippen MR) is 143 cm³/mol. The number of hydrogen-bond acceptors (Lipinski definition) is 7. The third kappa shape index (κ3) is 7.32. The summed E-state index contributed by atoms with van der Waals surface area (Å²) in [7, 11) is 0. The Morgan fingerprint density at radius 2 is 1.92 bits per heavy atom. The Balaban J connectivity index is 1.39. The molecule has 1 aromatic heterocycles. The third-order valence-corrected chi connectivity index (χ3v) is 6.64. The summed E-state index contributed by atoms with van der Waals surface area (Å²) in [6, 6.07) is 15.2. The summed E-state index contributed by atoms with van der Waals surface area (Å²) in [5.74, 6) is 0.864. The first-order chi connectivity index (χ1) is 17.6. The molecule has 0 saturated heterocycles. The van der Waals surface area contributed by atoms with Crippen molar-refractivity contribution in [1.82, 2.24) is 10.3 Å². The van der Waals surface area contributed by atoms with Crippen molar-refractivity contribution in [2.45, 2.75) is 71.6 Å². The average molecular weight is 523 g/mol. The number of esters is 1. The van der Waals surface area contributed by atoms with E-state index in [0.717, 1.165) is 35.5 Å². The molecule has 2 atom stereocenters. The van der Waals surface area contributed by atoms with E-state index in [2.05, 4.69) is 22.4 Å². The lowest BCUT2D eigenvalue weighted by Gasteiger charge is -2.26. The molecule has 0 spiro atoms. The molecule has 0 fully saturated rings. The maximum atomic E-state index is 12.9. The summed E-state index contributed by atoms with van der Waals surface area (Å²) in [5, 5.41) is 3.16. The molecule has 1 aliphatic heterocycles. The first-order valence-corrected chi connectivity index (χ1v) is 13.4. The summed E-state index contributed by atoms with van der Waals surface area (Å²) < 4.78 is 17.7. The predicted octanol–water partition coefficient (Wildman–Crippen LogP) is 6.49. The normalized spacial score (nSPS) is 15.9. The van der Waals surface area contributed by atoms with E-state index in [1.54, 1.807) is 20.8 Å². The van der Waals surface area contributed by atoms with Gasteiger partial charge in [0.05, 0.1) is 6.20 Å². The van der Waals surface area contributed by atoms with Crippen molar-refractivity contribution in [3.8, 4) is 16.7 Å². The first-order valence-electron chi connectivity index (χ1n) is 12.6. The van der Waals surface area contributed by atoms with Crippen LogP contribution in [0.1, 0.15) is 74.4 Å². The number of amides is 1. The average Bonchev–Trinajstić information content (AvgIpc) is 3.31. The second-order valence-corrected chi connectivity index (χ2v) is 11.6. The summed E-state index contributed by atoms with van der Waals surface area (Å²) in [4.78, 5) is 30.2. The minimum atomic E-state index is -0.737. The molecule has 4 rings (SSSR count). The van der Waals surface area contributed by atoms with Crippen LogP contribution in [0.15, 0.2) is 54.7 Å². The van der Waals surface area contributed by atoms with E-state index < -0.39 is 17.6 Å². The second kappa shape index (κ2) is 11.3. The number of carbonyl (C=O) groups is 2. The maximum absolute atomic E-state index is 12.9. The van der Waals surface area contributed by atoms with Gasteiger partial charge in [-0.05, 0) is 75.3 Å². The van der Waals surface area contributed by atoms with Gasteiger partial charge in [-0.3, -0.25) is 4.79 Å². The van der Waals surface area contributed by atoms with Gasteiger partial charge in [-0.25, -0.2) is 9.78 Å². The van der Waals surface area contributed by atoms with Gasteiger partial charge in [-0.1, -0.05) is 55.5 Å². The van der Waals surface area contributed by atoms with E-state index in [4.69, 9.17) is 14.2 Å². The number of fused-ring (bicyclic) bond motifs is 1. The van der Waals surface area contributed by atoms with Crippen molar-refractivity contribution in [3.63, 3.8) is 0 Å². The fourth-order valence-corrected chi connectivity index (χ4v) is 4.82. The highest BCUT2D eigenvalue weighted by Gasteiger charge is 2.28. The largest absolute Gasteiger partial charge is 0.485 e. The van der Waals surface area contributed by atoms with Crippen molar-refractivity contribution in [2.75, 3.05) is 0 Å². The van der Waals surface area contributed by atoms with Crippen molar-refractivity contribution >= 4 is 23.2 Å². The van der Waals surface area contributed by atoms with Gasteiger partial charge in [0.1, 0.15) is 34.1 Å². The van der Waals surface area contributed by atoms with E-state index in [1.165, 1.54) is 11.8 Å². The van der Waals surface area contributed by atoms with Gasteiger partial charge < -0.3 is 19.5 Å². The van der Waals surface area contributed by atoms with Crippen LogP contribution in [-0.4, -0.2) is 28.5 Å². The number of nitrogens with one attached hydrogen (secondary N) is 1. The number of aryl methyl sites for hydroxylation is 1. The highest BCUT2D eigenvalue weighted by molar-refractivity contribution is 7.15. The zero-order chi connectivity index (χ0) is 26.6. The van der Waals surface area contributed by atoms with Gasteiger partial charge in [-0.2, -0.15) is 0 Å². The molecular formula is C29H34N2O5S. The Morgan fingerprint density at radius 1 is 1.16 bits per heavy atom. The lowest BCUT2D eigenvalue weighted by atomic mass is 9.97. The van der Waals surface area contributed by atoms with Crippen LogP contribution in [0.3, 0.4) is 0 Å². The monoisotopic (exact) mass is 522 g/mol. The smallest absolute Gasteiger partial charge is 0.329 e. The van der Waals surface area contributed by atoms with E-state index in [0.29, 0.717) is 22.2 Å². The zero-order valence-electron chi connectivity index (χ0n) is 21.9.